The van der Waals surface area contributed by atoms with E-state index in [4.69, 9.17) is 12.2 Å². The molecular weight excluding hydrogens is 286 g/mol. The number of carbonyl (C=O) groups is 1. The van der Waals surface area contributed by atoms with Gasteiger partial charge in [-0.05, 0) is 36.9 Å². The molecule has 98 valence electrons. The van der Waals surface area contributed by atoms with Crippen LogP contribution < -0.4 is 0 Å². The van der Waals surface area contributed by atoms with Crippen LogP contribution in [0, 0.1) is 9.37 Å². The molecule has 7 heteroatoms. The zero-order chi connectivity index (χ0) is 12.6. The van der Waals surface area contributed by atoms with Crippen molar-refractivity contribution in [1.82, 2.24) is 15.1 Å². The van der Waals surface area contributed by atoms with Crippen LogP contribution in [-0.4, -0.2) is 39.8 Å². The zero-order valence-corrected chi connectivity index (χ0v) is 12.4. The van der Waals surface area contributed by atoms with E-state index in [1.54, 1.807) is 0 Å². The first-order valence-electron chi connectivity index (χ1n) is 6.13. The van der Waals surface area contributed by atoms with Crippen molar-refractivity contribution in [2.75, 3.05) is 18.8 Å². The second kappa shape index (κ2) is 4.94. The highest BCUT2D eigenvalue weighted by Crippen LogP contribution is 2.48. The van der Waals surface area contributed by atoms with Crippen molar-refractivity contribution in [2.24, 2.45) is 5.41 Å². The van der Waals surface area contributed by atoms with Crippen molar-refractivity contribution in [3.63, 3.8) is 0 Å². The summed E-state index contributed by atoms with van der Waals surface area (Å²) in [6, 6.07) is 0. The summed E-state index contributed by atoms with van der Waals surface area (Å²) in [5.41, 5.74) is 0.489. The molecule has 1 amide bonds. The lowest BCUT2D eigenvalue weighted by atomic mass is 9.68. The van der Waals surface area contributed by atoms with Gasteiger partial charge < -0.3 is 4.90 Å². The number of rotatable bonds is 3. The average Bonchev–Trinajstić information content (AvgIpc) is 2.91. The third kappa shape index (κ3) is 2.48. The summed E-state index contributed by atoms with van der Waals surface area (Å²) in [5.74, 6) is 0.719. The topological polar surface area (TPSA) is 49.0 Å². The molecule has 0 radical (unpaired) electrons. The highest BCUT2D eigenvalue weighted by molar-refractivity contribution is 8.01. The van der Waals surface area contributed by atoms with E-state index in [-0.39, 0.29) is 5.91 Å². The normalized spacial score (nSPS) is 21.2. The van der Waals surface area contributed by atoms with E-state index >= 15 is 0 Å². The van der Waals surface area contributed by atoms with E-state index in [0.717, 1.165) is 17.4 Å². The fourth-order valence-electron chi connectivity index (χ4n) is 2.73. The molecule has 18 heavy (non-hydrogen) atoms. The maximum absolute atomic E-state index is 12.1. The molecule has 3 rings (SSSR count). The molecule has 1 aromatic rings. The van der Waals surface area contributed by atoms with Gasteiger partial charge in [-0.3, -0.25) is 9.89 Å². The van der Waals surface area contributed by atoms with Crippen LogP contribution in [0.3, 0.4) is 0 Å². The molecule has 0 atom stereocenters. The maximum atomic E-state index is 12.1. The Labute approximate surface area is 119 Å². The molecule has 0 unspecified atom stereocenters. The Bertz CT molecular complexity index is 506. The Hall–Kier alpha value is -0.400. The van der Waals surface area contributed by atoms with Crippen LogP contribution in [0.1, 0.15) is 25.7 Å². The summed E-state index contributed by atoms with van der Waals surface area (Å²) < 4.78 is 1.52. The summed E-state index contributed by atoms with van der Waals surface area (Å²) in [7, 11) is 0. The van der Waals surface area contributed by atoms with Crippen LogP contribution in [0.4, 0.5) is 0 Å². The molecule has 1 aliphatic carbocycles. The third-order valence-electron chi connectivity index (χ3n) is 3.94. The minimum atomic E-state index is 0.241. The Kier molecular flexibility index (Phi) is 3.46. The number of hydrogen-bond acceptors (Lipinski definition) is 5. The van der Waals surface area contributed by atoms with E-state index in [1.807, 2.05) is 4.90 Å². The molecule has 1 saturated heterocycles. The van der Waals surface area contributed by atoms with E-state index in [1.165, 1.54) is 48.8 Å². The average molecular weight is 301 g/mol. The number of hydrogen-bond donors (Lipinski definition) is 1. The fraction of sp³-hybridized carbons (Fsp3) is 0.727. The Morgan fingerprint density at radius 3 is 2.94 bits per heavy atom. The lowest BCUT2D eigenvalue weighted by Crippen LogP contribution is -2.36. The van der Waals surface area contributed by atoms with Gasteiger partial charge in [0.1, 0.15) is 0 Å². The molecule has 2 aliphatic rings. The standard InChI is InChI=1S/C11H15N3OS3/c15-8(6-17-10-13-12-9(16)18-10)14-5-4-11(7-14)2-1-3-11/h1-7H2,(H,12,16). The maximum Gasteiger partial charge on any atom is 0.233 e. The predicted molar refractivity (Wildman–Crippen MR) is 75.5 cm³/mol. The second-order valence-corrected chi connectivity index (χ2v) is 7.97. The van der Waals surface area contributed by atoms with Crippen LogP contribution in [0.25, 0.3) is 0 Å². The van der Waals surface area contributed by atoms with Crippen molar-refractivity contribution in [1.29, 1.82) is 0 Å². The number of aromatic amines is 1. The Morgan fingerprint density at radius 2 is 2.39 bits per heavy atom. The van der Waals surface area contributed by atoms with E-state index in [2.05, 4.69) is 10.2 Å². The lowest BCUT2D eigenvalue weighted by molar-refractivity contribution is -0.128. The predicted octanol–water partition coefficient (Wildman–Crippen LogP) is 2.70. The van der Waals surface area contributed by atoms with Crippen molar-refractivity contribution in [2.45, 2.75) is 30.0 Å². The summed E-state index contributed by atoms with van der Waals surface area (Å²) in [6.45, 7) is 1.92. The Balaban J connectivity index is 1.51. The minimum Gasteiger partial charge on any atom is -0.341 e. The van der Waals surface area contributed by atoms with E-state index in [0.29, 0.717) is 15.1 Å². The van der Waals surface area contributed by atoms with Gasteiger partial charge in [-0.1, -0.05) is 29.5 Å². The Morgan fingerprint density at radius 1 is 1.56 bits per heavy atom. The van der Waals surface area contributed by atoms with Gasteiger partial charge in [0.2, 0.25) is 5.91 Å². The van der Waals surface area contributed by atoms with E-state index in [9.17, 15) is 4.79 Å². The van der Waals surface area contributed by atoms with Gasteiger partial charge in [0.15, 0.2) is 8.29 Å². The molecule has 4 nitrogen and oxygen atoms in total. The van der Waals surface area contributed by atoms with Crippen molar-refractivity contribution in [3.05, 3.63) is 3.95 Å². The SMILES string of the molecule is O=C(CSc1n[nH]c(=S)s1)N1CCC2(CCC2)C1. The van der Waals surface area contributed by atoms with Gasteiger partial charge in [-0.25, -0.2) is 0 Å². The fourth-order valence-corrected chi connectivity index (χ4v) is 4.71. The number of carbonyl (C=O) groups excluding carboxylic acids is 1. The minimum absolute atomic E-state index is 0.241. The van der Waals surface area contributed by atoms with Crippen molar-refractivity contribution in [3.8, 4) is 0 Å². The van der Waals surface area contributed by atoms with Crippen LogP contribution in [0.2, 0.25) is 0 Å². The summed E-state index contributed by atoms with van der Waals surface area (Å²) in [6.07, 6.45) is 5.16. The van der Waals surface area contributed by atoms with E-state index < -0.39 is 0 Å². The number of likely N-dealkylation sites (tertiary alicyclic amines) is 1. The van der Waals surface area contributed by atoms with Gasteiger partial charge in [-0.15, -0.1) is 0 Å². The first-order chi connectivity index (χ1) is 8.67. The summed E-state index contributed by atoms with van der Waals surface area (Å²) >= 11 is 7.87. The number of H-pyrrole nitrogens is 1. The van der Waals surface area contributed by atoms with Gasteiger partial charge >= 0.3 is 0 Å². The first-order valence-corrected chi connectivity index (χ1v) is 8.34. The van der Waals surface area contributed by atoms with Crippen LogP contribution in [0.15, 0.2) is 4.34 Å². The van der Waals surface area contributed by atoms with Gasteiger partial charge in [0, 0.05) is 13.1 Å². The third-order valence-corrected chi connectivity index (χ3v) is 6.16. The number of amides is 1. The highest BCUT2D eigenvalue weighted by atomic mass is 32.2. The molecule has 1 saturated carbocycles. The second-order valence-electron chi connectivity index (χ2n) is 5.09. The highest BCUT2D eigenvalue weighted by Gasteiger charge is 2.43. The van der Waals surface area contributed by atoms with Gasteiger partial charge in [0.05, 0.1) is 5.75 Å². The summed E-state index contributed by atoms with van der Waals surface area (Å²) in [5, 5.41) is 6.78. The molecule has 1 N–H and O–H groups in total. The monoisotopic (exact) mass is 301 g/mol. The largest absolute Gasteiger partial charge is 0.341 e. The van der Waals surface area contributed by atoms with Crippen LogP contribution >= 0.6 is 35.3 Å². The molecular formula is C11H15N3OS3. The van der Waals surface area contributed by atoms with Crippen molar-refractivity contribution < 1.29 is 4.79 Å². The number of nitrogens with zero attached hydrogens (tertiary/aromatic N) is 2. The van der Waals surface area contributed by atoms with Crippen LogP contribution in [-0.2, 0) is 4.79 Å². The molecule has 0 aromatic carbocycles. The summed E-state index contributed by atoms with van der Waals surface area (Å²) in [4.78, 5) is 14.1. The molecule has 1 spiro atoms. The van der Waals surface area contributed by atoms with Crippen molar-refractivity contribution >= 4 is 41.2 Å². The molecule has 0 bridgehead atoms. The van der Waals surface area contributed by atoms with Gasteiger partial charge in [-0.2, -0.15) is 5.10 Å². The quantitative estimate of drug-likeness (QED) is 0.689. The smallest absolute Gasteiger partial charge is 0.233 e. The zero-order valence-electron chi connectivity index (χ0n) is 9.98. The number of nitrogens with one attached hydrogen (secondary N) is 1. The molecule has 1 aliphatic heterocycles. The lowest BCUT2D eigenvalue weighted by Gasteiger charge is -2.37. The molecule has 2 heterocycles. The molecule has 1 aromatic heterocycles. The number of thioether (sulfide) groups is 1. The first kappa shape index (κ1) is 12.6. The van der Waals surface area contributed by atoms with Gasteiger partial charge in [0.25, 0.3) is 0 Å². The number of aromatic nitrogens is 2. The molecule has 2 fully saturated rings. The van der Waals surface area contributed by atoms with Crippen LogP contribution in [0.5, 0.6) is 0 Å².